The molecule has 3 fully saturated rings. The molecule has 4 aliphatic carbocycles. The predicted octanol–water partition coefficient (Wildman–Crippen LogP) is 3.59. The number of aromatic hydroxyl groups is 1. The van der Waals surface area contributed by atoms with E-state index in [0.29, 0.717) is 24.2 Å². The molecule has 6 unspecified atom stereocenters. The summed E-state index contributed by atoms with van der Waals surface area (Å²) in [5.41, 5.74) is 0.303. The van der Waals surface area contributed by atoms with Crippen molar-refractivity contribution < 1.29 is 24.5 Å². The number of hydrogen-bond donors (Lipinski definition) is 2. The monoisotopic (exact) mass is 406 g/mol. The average molecular weight is 406 g/mol. The molecule has 1 aromatic rings. The maximum Gasteiger partial charge on any atom is 0.200 e. The van der Waals surface area contributed by atoms with Crippen LogP contribution in [0.5, 0.6) is 11.5 Å². The van der Waals surface area contributed by atoms with Gasteiger partial charge in [-0.2, -0.15) is 0 Å². The van der Waals surface area contributed by atoms with Crippen LogP contribution in [0.3, 0.4) is 0 Å². The average Bonchev–Trinajstić information content (AvgIpc) is 3.31. The number of aliphatic hydroxyl groups is 1. The van der Waals surface area contributed by atoms with E-state index in [2.05, 4.69) is 6.08 Å². The van der Waals surface area contributed by atoms with Crippen LogP contribution >= 0.6 is 0 Å². The number of allylic oxidation sites excluding steroid dienone is 2. The molecule has 1 aliphatic heterocycles. The summed E-state index contributed by atoms with van der Waals surface area (Å²) in [6.07, 6.45) is 3.23. The first-order chi connectivity index (χ1) is 14.1. The second-order valence-corrected chi connectivity index (χ2v) is 10.5. The number of phenolic OH excluding ortho intramolecular Hbond substituents is 1. The van der Waals surface area contributed by atoms with Gasteiger partial charge in [0.1, 0.15) is 22.8 Å². The second-order valence-electron chi connectivity index (χ2n) is 10.5. The van der Waals surface area contributed by atoms with Crippen LogP contribution in [0.15, 0.2) is 41.0 Å². The van der Waals surface area contributed by atoms with Gasteiger partial charge in [-0.1, -0.05) is 17.7 Å². The number of fused-ring (bicyclic) bond motifs is 1. The topological polar surface area (TPSA) is 83.8 Å². The van der Waals surface area contributed by atoms with Crippen molar-refractivity contribution in [1.29, 1.82) is 0 Å². The minimum absolute atomic E-state index is 0.0513. The fourth-order valence-corrected chi connectivity index (χ4v) is 7.47. The van der Waals surface area contributed by atoms with Gasteiger partial charge in [-0.25, -0.2) is 0 Å². The largest absolute Gasteiger partial charge is 0.507 e. The SMILES string of the molecule is CC(C)=CCC1=C2C(=O)c3c(O)cccc3OC23C(C(C)(C)O)CC2C(=O)C4C2C143. The predicted molar refractivity (Wildman–Crippen MR) is 109 cm³/mol. The van der Waals surface area contributed by atoms with Crippen molar-refractivity contribution in [2.24, 2.45) is 29.1 Å². The molecule has 6 atom stereocenters. The fourth-order valence-electron chi connectivity index (χ4n) is 7.47. The zero-order chi connectivity index (χ0) is 21.4. The van der Waals surface area contributed by atoms with Crippen molar-refractivity contribution in [3.63, 3.8) is 0 Å². The number of hydrogen-bond acceptors (Lipinski definition) is 5. The highest BCUT2D eigenvalue weighted by Crippen LogP contribution is 2.90. The maximum absolute atomic E-state index is 13.8. The van der Waals surface area contributed by atoms with E-state index in [9.17, 15) is 19.8 Å². The van der Waals surface area contributed by atoms with Crippen LogP contribution in [0.4, 0.5) is 0 Å². The summed E-state index contributed by atoms with van der Waals surface area (Å²) >= 11 is 0. The van der Waals surface area contributed by atoms with Gasteiger partial charge in [0.05, 0.1) is 11.0 Å². The third-order valence-corrected chi connectivity index (χ3v) is 8.44. The highest BCUT2D eigenvalue weighted by atomic mass is 16.5. The molecule has 2 spiro atoms. The molecule has 0 bridgehead atoms. The van der Waals surface area contributed by atoms with Crippen LogP contribution in [-0.2, 0) is 4.79 Å². The van der Waals surface area contributed by atoms with Crippen molar-refractivity contribution >= 4 is 11.6 Å². The van der Waals surface area contributed by atoms with Crippen molar-refractivity contribution in [3.05, 3.63) is 46.6 Å². The number of rotatable bonds is 3. The number of phenols is 1. The molecule has 2 N–H and O–H groups in total. The molecule has 5 nitrogen and oxygen atoms in total. The molecular weight excluding hydrogens is 380 g/mol. The lowest BCUT2D eigenvalue weighted by molar-refractivity contribution is -0.150. The number of Topliss-reactive ketones (excluding diaryl/α,β-unsaturated/α-hetero) is 2. The number of carbonyl (C=O) groups is 2. The lowest BCUT2D eigenvalue weighted by Crippen LogP contribution is -2.70. The Kier molecular flexibility index (Phi) is 3.11. The van der Waals surface area contributed by atoms with Gasteiger partial charge in [0, 0.05) is 23.3 Å². The summed E-state index contributed by atoms with van der Waals surface area (Å²) in [5.74, 6) is -0.00896. The van der Waals surface area contributed by atoms with Crippen LogP contribution in [-0.4, -0.2) is 33.0 Å². The summed E-state index contributed by atoms with van der Waals surface area (Å²) in [4.78, 5) is 26.7. The minimum Gasteiger partial charge on any atom is -0.507 e. The van der Waals surface area contributed by atoms with Crippen LogP contribution in [0.1, 0.15) is 50.9 Å². The molecule has 0 amide bonds. The van der Waals surface area contributed by atoms with Crippen molar-refractivity contribution in [1.82, 2.24) is 0 Å². The van der Waals surface area contributed by atoms with E-state index in [0.717, 1.165) is 11.1 Å². The van der Waals surface area contributed by atoms with Crippen molar-refractivity contribution in [2.75, 3.05) is 0 Å². The summed E-state index contributed by atoms with van der Waals surface area (Å²) in [7, 11) is 0. The Hall–Kier alpha value is -2.40. The summed E-state index contributed by atoms with van der Waals surface area (Å²) in [6, 6.07) is 4.87. The molecule has 0 aromatic heterocycles. The third-order valence-electron chi connectivity index (χ3n) is 8.44. The van der Waals surface area contributed by atoms with Gasteiger partial charge < -0.3 is 14.9 Å². The zero-order valence-corrected chi connectivity index (χ0v) is 17.7. The first-order valence-corrected chi connectivity index (χ1v) is 10.8. The highest BCUT2D eigenvalue weighted by Gasteiger charge is 2.96. The molecule has 6 rings (SSSR count). The summed E-state index contributed by atoms with van der Waals surface area (Å²) < 4.78 is 6.67. The molecule has 30 heavy (non-hydrogen) atoms. The van der Waals surface area contributed by atoms with Crippen molar-refractivity contribution in [3.8, 4) is 11.5 Å². The van der Waals surface area contributed by atoms with Gasteiger partial charge in [-0.15, -0.1) is 0 Å². The lowest BCUT2D eigenvalue weighted by Gasteiger charge is -2.62. The van der Waals surface area contributed by atoms with Crippen LogP contribution in [0.2, 0.25) is 0 Å². The van der Waals surface area contributed by atoms with Gasteiger partial charge in [-0.05, 0) is 64.2 Å². The summed E-state index contributed by atoms with van der Waals surface area (Å²) in [5, 5.41) is 21.6. The zero-order valence-electron chi connectivity index (χ0n) is 17.7. The molecule has 3 saturated carbocycles. The van der Waals surface area contributed by atoms with Gasteiger partial charge in [-0.3, -0.25) is 9.59 Å². The number of carbonyl (C=O) groups excluding carboxylic acids is 2. The van der Waals surface area contributed by atoms with E-state index in [1.54, 1.807) is 26.0 Å². The number of ketones is 2. The van der Waals surface area contributed by atoms with Gasteiger partial charge in [0.25, 0.3) is 0 Å². The van der Waals surface area contributed by atoms with Crippen LogP contribution in [0.25, 0.3) is 0 Å². The smallest absolute Gasteiger partial charge is 0.200 e. The van der Waals surface area contributed by atoms with Gasteiger partial charge in [0.2, 0.25) is 5.78 Å². The van der Waals surface area contributed by atoms with E-state index < -0.39 is 16.6 Å². The van der Waals surface area contributed by atoms with Crippen LogP contribution in [0, 0.1) is 29.1 Å². The third kappa shape index (κ3) is 1.66. The lowest BCUT2D eigenvalue weighted by atomic mass is 9.46. The van der Waals surface area contributed by atoms with E-state index in [1.807, 2.05) is 13.8 Å². The normalized spacial score (nSPS) is 39.5. The first kappa shape index (κ1) is 18.4. The van der Waals surface area contributed by atoms with Gasteiger partial charge >= 0.3 is 0 Å². The quantitative estimate of drug-likeness (QED) is 0.750. The van der Waals surface area contributed by atoms with E-state index in [-0.39, 0.29) is 46.6 Å². The van der Waals surface area contributed by atoms with Crippen molar-refractivity contribution in [2.45, 2.75) is 51.7 Å². The minimum atomic E-state index is -1.12. The maximum atomic E-state index is 13.8. The molecule has 0 radical (unpaired) electrons. The fraction of sp³-hybridized carbons (Fsp3) is 0.520. The first-order valence-electron chi connectivity index (χ1n) is 10.8. The van der Waals surface area contributed by atoms with E-state index in [4.69, 9.17) is 4.74 Å². The van der Waals surface area contributed by atoms with E-state index in [1.165, 1.54) is 6.07 Å². The Morgan fingerprint density at radius 2 is 2.03 bits per heavy atom. The molecule has 1 heterocycles. The molecule has 5 heteroatoms. The molecule has 156 valence electrons. The van der Waals surface area contributed by atoms with Crippen LogP contribution < -0.4 is 4.74 Å². The second kappa shape index (κ2) is 5.08. The molecule has 1 aromatic carbocycles. The number of ether oxygens (including phenoxy) is 1. The Bertz CT molecular complexity index is 1110. The standard InChI is InChI=1S/C25H26O5/c1-11(2)8-9-13-19-22(28)17-14(26)6-5-7-15(17)30-25(19)16(23(3,4)29)10-12-18-20(21(12)27)24(13,18)25/h5-8,12,16,18,20,26,29H,9-10H2,1-4H3. The molecule has 0 saturated heterocycles. The Morgan fingerprint density at radius 1 is 1.30 bits per heavy atom. The van der Waals surface area contributed by atoms with E-state index >= 15 is 0 Å². The Balaban J connectivity index is 1.65. The number of benzene rings is 1. The molecular formula is C25H26O5. The Morgan fingerprint density at radius 3 is 2.70 bits per heavy atom. The summed E-state index contributed by atoms with van der Waals surface area (Å²) in [6.45, 7) is 7.54. The van der Waals surface area contributed by atoms with Gasteiger partial charge in [0.15, 0.2) is 5.60 Å². The highest BCUT2D eigenvalue weighted by molar-refractivity contribution is 6.18. The Labute approximate surface area is 175 Å². The molecule has 5 aliphatic rings.